The van der Waals surface area contributed by atoms with Gasteiger partial charge in [-0.15, -0.1) is 0 Å². The Morgan fingerprint density at radius 1 is 0.966 bits per heavy atom. The minimum absolute atomic E-state index is 0.381. The van der Waals surface area contributed by atoms with Crippen molar-refractivity contribution in [3.63, 3.8) is 0 Å². The van der Waals surface area contributed by atoms with Crippen LogP contribution >= 0.6 is 15.9 Å². The van der Waals surface area contributed by atoms with Crippen LogP contribution in [0.3, 0.4) is 0 Å². The lowest BCUT2D eigenvalue weighted by Gasteiger charge is -2.08. The highest BCUT2D eigenvalue weighted by molar-refractivity contribution is 9.10. The van der Waals surface area contributed by atoms with Gasteiger partial charge in [0.15, 0.2) is 6.10 Å². The molecule has 29 heavy (non-hydrogen) atoms. The fourth-order valence-electron chi connectivity index (χ4n) is 2.43. The number of hydrazone groups is 1. The number of carbonyl (C=O) groups is 2. The number of amides is 1. The molecule has 0 heterocycles. The largest absolute Gasteiger partial charge is 0.423 e. The molecule has 1 amide bonds. The number of benzene rings is 3. The molecule has 0 aromatic heterocycles. The molecular weight excluding hydrogens is 436 g/mol. The molecule has 0 aliphatic heterocycles. The lowest BCUT2D eigenvalue weighted by atomic mass is 10.1. The number of hydrogen-bond donors (Lipinski definition) is 2. The summed E-state index contributed by atoms with van der Waals surface area (Å²) in [5.41, 5.74) is 3.89. The molecule has 0 saturated carbocycles. The summed E-state index contributed by atoms with van der Waals surface area (Å²) in [6.07, 6.45) is 0.127. The molecule has 0 fully saturated rings. The van der Waals surface area contributed by atoms with E-state index >= 15 is 0 Å². The van der Waals surface area contributed by atoms with Crippen molar-refractivity contribution < 1.29 is 19.4 Å². The van der Waals surface area contributed by atoms with Crippen LogP contribution < -0.4 is 10.2 Å². The fourth-order valence-corrected chi connectivity index (χ4v) is 2.88. The second kappa shape index (κ2) is 9.77. The first-order valence-corrected chi connectivity index (χ1v) is 9.46. The standard InChI is InChI=1S/C22H17BrN2O4/c23-19-9-5-4-8-18(19)22(28)29-17-12-10-15(11-13-17)14-24-25-21(27)20(26)16-6-2-1-3-7-16/h1-14,20,26H,(H,25,27). The molecule has 146 valence electrons. The molecule has 0 saturated heterocycles. The van der Waals surface area contributed by atoms with E-state index in [0.717, 1.165) is 0 Å². The SMILES string of the molecule is O=C(Oc1ccc(C=NNC(=O)C(O)c2ccccc2)cc1)c1ccccc1Br. The van der Waals surface area contributed by atoms with Gasteiger partial charge in [-0.25, -0.2) is 10.2 Å². The number of ether oxygens (including phenoxy) is 1. The van der Waals surface area contributed by atoms with Crippen molar-refractivity contribution in [2.75, 3.05) is 0 Å². The second-order valence-electron chi connectivity index (χ2n) is 5.99. The highest BCUT2D eigenvalue weighted by Crippen LogP contribution is 2.19. The van der Waals surface area contributed by atoms with E-state index in [-0.39, 0.29) is 0 Å². The molecule has 3 aromatic rings. The minimum Gasteiger partial charge on any atom is -0.423 e. The van der Waals surface area contributed by atoms with Crippen molar-refractivity contribution in [1.29, 1.82) is 0 Å². The molecular formula is C22H17BrN2O4. The molecule has 0 aliphatic carbocycles. The summed E-state index contributed by atoms with van der Waals surface area (Å²) < 4.78 is 6.00. The van der Waals surface area contributed by atoms with Gasteiger partial charge in [0.25, 0.3) is 5.91 Å². The minimum atomic E-state index is -1.30. The van der Waals surface area contributed by atoms with E-state index in [2.05, 4.69) is 26.5 Å². The van der Waals surface area contributed by atoms with Crippen LogP contribution in [0.15, 0.2) is 88.4 Å². The molecule has 3 aromatic carbocycles. The monoisotopic (exact) mass is 452 g/mol. The molecule has 0 bridgehead atoms. The average molecular weight is 453 g/mol. The maximum Gasteiger partial charge on any atom is 0.344 e. The van der Waals surface area contributed by atoms with Gasteiger partial charge in [0.1, 0.15) is 5.75 Å². The van der Waals surface area contributed by atoms with Crippen LogP contribution in [-0.2, 0) is 4.79 Å². The van der Waals surface area contributed by atoms with E-state index in [1.54, 1.807) is 72.8 Å². The molecule has 1 atom stereocenters. The Morgan fingerprint density at radius 3 is 2.31 bits per heavy atom. The number of nitrogens with zero attached hydrogens (tertiary/aromatic N) is 1. The number of halogens is 1. The number of esters is 1. The van der Waals surface area contributed by atoms with Gasteiger partial charge in [-0.05, 0) is 63.5 Å². The van der Waals surface area contributed by atoms with Crippen LogP contribution in [0.25, 0.3) is 0 Å². The number of aliphatic hydroxyl groups excluding tert-OH is 1. The first kappa shape index (κ1) is 20.4. The summed E-state index contributed by atoms with van der Waals surface area (Å²) in [6.45, 7) is 0. The third-order valence-electron chi connectivity index (χ3n) is 3.94. The molecule has 6 nitrogen and oxygen atoms in total. The van der Waals surface area contributed by atoms with Gasteiger partial charge in [-0.1, -0.05) is 42.5 Å². The van der Waals surface area contributed by atoms with Crippen molar-refractivity contribution in [1.82, 2.24) is 5.43 Å². The zero-order valence-electron chi connectivity index (χ0n) is 15.2. The number of carbonyl (C=O) groups excluding carboxylic acids is 2. The highest BCUT2D eigenvalue weighted by atomic mass is 79.9. The van der Waals surface area contributed by atoms with E-state index in [1.807, 2.05) is 6.07 Å². The fraction of sp³-hybridized carbons (Fsp3) is 0.0455. The van der Waals surface area contributed by atoms with Crippen LogP contribution in [0.2, 0.25) is 0 Å². The van der Waals surface area contributed by atoms with Crippen LogP contribution in [0, 0.1) is 0 Å². The van der Waals surface area contributed by atoms with Crippen molar-refractivity contribution >= 4 is 34.0 Å². The zero-order chi connectivity index (χ0) is 20.6. The van der Waals surface area contributed by atoms with E-state index in [4.69, 9.17) is 4.74 Å². The molecule has 0 radical (unpaired) electrons. The zero-order valence-corrected chi connectivity index (χ0v) is 16.7. The molecule has 1 unspecified atom stereocenters. The molecule has 0 spiro atoms. The smallest absolute Gasteiger partial charge is 0.344 e. The highest BCUT2D eigenvalue weighted by Gasteiger charge is 2.16. The summed E-state index contributed by atoms with van der Waals surface area (Å²) in [4.78, 5) is 24.1. The Balaban J connectivity index is 1.55. The summed E-state index contributed by atoms with van der Waals surface area (Å²) in [5.74, 6) is -0.723. The van der Waals surface area contributed by atoms with Crippen LogP contribution in [0.5, 0.6) is 5.75 Å². The number of rotatable bonds is 6. The van der Waals surface area contributed by atoms with E-state index in [0.29, 0.717) is 26.9 Å². The summed E-state index contributed by atoms with van der Waals surface area (Å²) in [7, 11) is 0. The van der Waals surface area contributed by atoms with E-state index < -0.39 is 18.0 Å². The van der Waals surface area contributed by atoms with Gasteiger partial charge >= 0.3 is 5.97 Å². The predicted molar refractivity (Wildman–Crippen MR) is 113 cm³/mol. The number of hydrogen-bond acceptors (Lipinski definition) is 5. The predicted octanol–water partition coefficient (Wildman–Crippen LogP) is 3.85. The van der Waals surface area contributed by atoms with Gasteiger partial charge in [0, 0.05) is 4.47 Å². The summed E-state index contributed by atoms with van der Waals surface area (Å²) >= 11 is 3.32. The quantitative estimate of drug-likeness (QED) is 0.257. The third-order valence-corrected chi connectivity index (χ3v) is 4.63. The molecule has 2 N–H and O–H groups in total. The first-order valence-electron chi connectivity index (χ1n) is 8.67. The average Bonchev–Trinajstić information content (AvgIpc) is 2.75. The molecule has 0 aliphatic rings. The molecule has 3 rings (SSSR count). The topological polar surface area (TPSA) is 88.0 Å². The Hall–Kier alpha value is -3.29. The maximum absolute atomic E-state index is 12.2. The van der Waals surface area contributed by atoms with Crippen LogP contribution in [0.4, 0.5) is 0 Å². The maximum atomic E-state index is 12.2. The lowest BCUT2D eigenvalue weighted by molar-refractivity contribution is -0.129. The normalized spacial score (nSPS) is 11.8. The van der Waals surface area contributed by atoms with Crippen molar-refractivity contribution in [3.05, 3.63) is 100 Å². The van der Waals surface area contributed by atoms with Crippen molar-refractivity contribution in [2.24, 2.45) is 5.10 Å². The Bertz CT molecular complexity index is 1020. The molecule has 7 heteroatoms. The van der Waals surface area contributed by atoms with Crippen molar-refractivity contribution in [2.45, 2.75) is 6.10 Å². The Morgan fingerprint density at radius 2 is 1.62 bits per heavy atom. The first-order chi connectivity index (χ1) is 14.0. The van der Waals surface area contributed by atoms with E-state index in [1.165, 1.54) is 6.21 Å². The van der Waals surface area contributed by atoms with E-state index in [9.17, 15) is 14.7 Å². The van der Waals surface area contributed by atoms with Gasteiger partial charge in [-0.2, -0.15) is 5.10 Å². The van der Waals surface area contributed by atoms with Gasteiger partial charge in [0.2, 0.25) is 0 Å². The lowest BCUT2D eigenvalue weighted by Crippen LogP contribution is -2.25. The second-order valence-corrected chi connectivity index (χ2v) is 6.84. The van der Waals surface area contributed by atoms with Gasteiger partial charge in [0.05, 0.1) is 11.8 Å². The summed E-state index contributed by atoms with van der Waals surface area (Å²) in [6, 6.07) is 22.2. The number of nitrogens with one attached hydrogen (secondary N) is 1. The van der Waals surface area contributed by atoms with Gasteiger partial charge < -0.3 is 9.84 Å². The van der Waals surface area contributed by atoms with Crippen LogP contribution in [-0.4, -0.2) is 23.2 Å². The Kier molecular flexibility index (Phi) is 6.89. The summed E-state index contributed by atoms with van der Waals surface area (Å²) in [5, 5.41) is 13.8. The third kappa shape index (κ3) is 5.60. The van der Waals surface area contributed by atoms with Crippen LogP contribution in [0.1, 0.15) is 27.6 Å². The Labute approximate surface area is 176 Å². The van der Waals surface area contributed by atoms with Crippen molar-refractivity contribution in [3.8, 4) is 5.75 Å². The number of aliphatic hydroxyl groups is 1. The van der Waals surface area contributed by atoms with Gasteiger partial charge in [-0.3, -0.25) is 4.79 Å².